The van der Waals surface area contributed by atoms with Gasteiger partial charge in [0.25, 0.3) is 5.91 Å². The van der Waals surface area contributed by atoms with Crippen LogP contribution in [0.4, 0.5) is 11.5 Å². The molecule has 0 aliphatic heterocycles. The van der Waals surface area contributed by atoms with Crippen molar-refractivity contribution in [3.05, 3.63) is 51.1 Å². The normalized spacial score (nSPS) is 10.3. The maximum atomic E-state index is 12.4. The molecule has 0 saturated heterocycles. The predicted molar refractivity (Wildman–Crippen MR) is 87.8 cm³/mol. The molecule has 2 rings (SSSR count). The summed E-state index contributed by atoms with van der Waals surface area (Å²) in [6.07, 6.45) is 1.61. The van der Waals surface area contributed by atoms with Crippen LogP contribution < -0.4 is 10.6 Å². The molecule has 2 aromatic rings. The highest BCUT2D eigenvalue weighted by Gasteiger charge is 2.16. The lowest BCUT2D eigenvalue weighted by molar-refractivity contribution is 0.102. The number of rotatable bonds is 4. The molecular weight excluding hydrogens is 333 g/mol. The Bertz CT molecular complexity index is 653. The molecule has 1 aromatic carbocycles. The SMILES string of the molecule is CCNc1ncccc1C(=O)Nc1c(Cl)cc(Cl)cc1Cl. The van der Waals surface area contributed by atoms with Gasteiger partial charge < -0.3 is 10.6 Å². The molecular formula is C14H12Cl3N3O. The van der Waals surface area contributed by atoms with E-state index < -0.39 is 0 Å². The Morgan fingerprint density at radius 2 is 1.90 bits per heavy atom. The van der Waals surface area contributed by atoms with Crippen molar-refractivity contribution >= 4 is 52.2 Å². The molecule has 0 spiro atoms. The second-order valence-corrected chi connectivity index (χ2v) is 5.38. The van der Waals surface area contributed by atoms with E-state index in [1.165, 1.54) is 12.1 Å². The maximum Gasteiger partial charge on any atom is 0.259 e. The van der Waals surface area contributed by atoms with E-state index in [-0.39, 0.29) is 16.0 Å². The summed E-state index contributed by atoms with van der Waals surface area (Å²) in [5.74, 6) is 0.142. The van der Waals surface area contributed by atoms with Crippen molar-refractivity contribution in [2.75, 3.05) is 17.2 Å². The summed E-state index contributed by atoms with van der Waals surface area (Å²) in [7, 11) is 0. The third kappa shape index (κ3) is 3.79. The standard InChI is InChI=1S/C14H12Cl3N3O/c1-2-18-13-9(4-3-5-19-13)14(21)20-12-10(16)6-8(15)7-11(12)17/h3-7H,2H2,1H3,(H,18,19)(H,20,21). The molecule has 1 aromatic heterocycles. The molecule has 1 amide bonds. The number of carbonyl (C=O) groups excluding carboxylic acids is 1. The number of anilines is 2. The number of benzene rings is 1. The van der Waals surface area contributed by atoms with E-state index in [1.54, 1.807) is 18.3 Å². The monoisotopic (exact) mass is 343 g/mol. The molecule has 0 atom stereocenters. The Labute approximate surface area is 137 Å². The van der Waals surface area contributed by atoms with Crippen LogP contribution in [-0.4, -0.2) is 17.4 Å². The third-order valence-electron chi connectivity index (χ3n) is 2.64. The van der Waals surface area contributed by atoms with E-state index in [0.29, 0.717) is 28.6 Å². The second-order valence-electron chi connectivity index (χ2n) is 4.13. The first kappa shape index (κ1) is 15.9. The zero-order chi connectivity index (χ0) is 15.4. The fourth-order valence-electron chi connectivity index (χ4n) is 1.74. The second kappa shape index (κ2) is 6.98. The van der Waals surface area contributed by atoms with Crippen LogP contribution in [0.1, 0.15) is 17.3 Å². The molecule has 4 nitrogen and oxygen atoms in total. The molecule has 0 fully saturated rings. The largest absolute Gasteiger partial charge is 0.370 e. The summed E-state index contributed by atoms with van der Waals surface area (Å²) in [5, 5.41) is 6.65. The summed E-state index contributed by atoms with van der Waals surface area (Å²) in [4.78, 5) is 16.5. The van der Waals surface area contributed by atoms with Gasteiger partial charge in [0.15, 0.2) is 0 Å². The first-order chi connectivity index (χ1) is 10.0. The minimum Gasteiger partial charge on any atom is -0.370 e. The molecule has 0 saturated carbocycles. The fraction of sp³-hybridized carbons (Fsp3) is 0.143. The Balaban J connectivity index is 2.31. The van der Waals surface area contributed by atoms with Crippen LogP contribution in [-0.2, 0) is 0 Å². The topological polar surface area (TPSA) is 54.0 Å². The van der Waals surface area contributed by atoms with Crippen LogP contribution in [0, 0.1) is 0 Å². The quantitative estimate of drug-likeness (QED) is 0.843. The first-order valence-electron chi connectivity index (χ1n) is 6.17. The summed E-state index contributed by atoms with van der Waals surface area (Å²) >= 11 is 17.9. The fourth-order valence-corrected chi connectivity index (χ4v) is 2.65. The van der Waals surface area contributed by atoms with Gasteiger partial charge in [-0.15, -0.1) is 0 Å². The molecule has 110 valence electrons. The molecule has 21 heavy (non-hydrogen) atoms. The van der Waals surface area contributed by atoms with E-state index in [4.69, 9.17) is 34.8 Å². The van der Waals surface area contributed by atoms with Gasteiger partial charge >= 0.3 is 0 Å². The Morgan fingerprint density at radius 1 is 1.24 bits per heavy atom. The van der Waals surface area contributed by atoms with Crippen molar-refractivity contribution in [2.45, 2.75) is 6.92 Å². The Hall–Kier alpha value is -1.49. The number of amides is 1. The van der Waals surface area contributed by atoms with Crippen LogP contribution in [0.3, 0.4) is 0 Å². The minimum atomic E-state index is -0.356. The first-order valence-corrected chi connectivity index (χ1v) is 7.31. The number of aromatic nitrogens is 1. The molecule has 0 radical (unpaired) electrons. The van der Waals surface area contributed by atoms with E-state index in [9.17, 15) is 4.79 Å². The lowest BCUT2D eigenvalue weighted by Gasteiger charge is -2.12. The van der Waals surface area contributed by atoms with E-state index in [0.717, 1.165) is 0 Å². The molecule has 1 heterocycles. The third-order valence-corrected chi connectivity index (χ3v) is 3.46. The highest BCUT2D eigenvalue weighted by Crippen LogP contribution is 2.34. The zero-order valence-corrected chi connectivity index (χ0v) is 13.4. The summed E-state index contributed by atoms with van der Waals surface area (Å²) in [6, 6.07) is 6.37. The Kier molecular flexibility index (Phi) is 5.28. The molecule has 0 unspecified atom stereocenters. The number of nitrogens with one attached hydrogen (secondary N) is 2. The average molecular weight is 345 g/mol. The van der Waals surface area contributed by atoms with E-state index in [1.807, 2.05) is 6.92 Å². The van der Waals surface area contributed by atoms with Gasteiger partial charge in [-0.1, -0.05) is 34.8 Å². The molecule has 2 N–H and O–H groups in total. The summed E-state index contributed by atoms with van der Waals surface area (Å²) < 4.78 is 0. The minimum absolute atomic E-state index is 0.273. The van der Waals surface area contributed by atoms with Crippen molar-refractivity contribution in [1.29, 1.82) is 0 Å². The van der Waals surface area contributed by atoms with Gasteiger partial charge in [0, 0.05) is 17.8 Å². The van der Waals surface area contributed by atoms with Crippen molar-refractivity contribution < 1.29 is 4.79 Å². The number of hydrogen-bond donors (Lipinski definition) is 2. The summed E-state index contributed by atoms with van der Waals surface area (Å²) in [6.45, 7) is 2.57. The molecule has 7 heteroatoms. The lowest BCUT2D eigenvalue weighted by Crippen LogP contribution is -2.16. The number of hydrogen-bond acceptors (Lipinski definition) is 3. The van der Waals surface area contributed by atoms with Crippen molar-refractivity contribution in [3.8, 4) is 0 Å². The van der Waals surface area contributed by atoms with Crippen LogP contribution >= 0.6 is 34.8 Å². The Morgan fingerprint density at radius 3 is 2.52 bits per heavy atom. The van der Waals surface area contributed by atoms with Gasteiger partial charge in [0.2, 0.25) is 0 Å². The van der Waals surface area contributed by atoms with E-state index in [2.05, 4.69) is 15.6 Å². The smallest absolute Gasteiger partial charge is 0.259 e. The van der Waals surface area contributed by atoms with E-state index >= 15 is 0 Å². The van der Waals surface area contributed by atoms with Crippen LogP contribution in [0.5, 0.6) is 0 Å². The number of carbonyl (C=O) groups is 1. The zero-order valence-electron chi connectivity index (χ0n) is 11.1. The summed E-state index contributed by atoms with van der Waals surface area (Å²) in [5.41, 5.74) is 0.723. The van der Waals surface area contributed by atoms with Crippen molar-refractivity contribution in [2.24, 2.45) is 0 Å². The molecule has 0 bridgehead atoms. The van der Waals surface area contributed by atoms with Crippen molar-refractivity contribution in [3.63, 3.8) is 0 Å². The molecule has 0 aliphatic rings. The molecule has 0 aliphatic carbocycles. The number of halogens is 3. The van der Waals surface area contributed by atoms with Crippen LogP contribution in [0.2, 0.25) is 15.1 Å². The van der Waals surface area contributed by atoms with Gasteiger partial charge in [-0.25, -0.2) is 4.98 Å². The average Bonchev–Trinajstić information content (AvgIpc) is 2.43. The van der Waals surface area contributed by atoms with Crippen LogP contribution in [0.25, 0.3) is 0 Å². The van der Waals surface area contributed by atoms with Gasteiger partial charge in [-0.05, 0) is 31.2 Å². The highest BCUT2D eigenvalue weighted by molar-refractivity contribution is 6.42. The van der Waals surface area contributed by atoms with Gasteiger partial charge in [0.05, 0.1) is 21.3 Å². The number of pyridine rings is 1. The number of nitrogens with zero attached hydrogens (tertiary/aromatic N) is 1. The maximum absolute atomic E-state index is 12.4. The van der Waals surface area contributed by atoms with Crippen LogP contribution in [0.15, 0.2) is 30.5 Å². The predicted octanol–water partition coefficient (Wildman–Crippen LogP) is 4.73. The lowest BCUT2D eigenvalue weighted by atomic mass is 10.2. The van der Waals surface area contributed by atoms with Gasteiger partial charge in [-0.2, -0.15) is 0 Å². The van der Waals surface area contributed by atoms with Crippen molar-refractivity contribution in [1.82, 2.24) is 4.98 Å². The highest BCUT2D eigenvalue weighted by atomic mass is 35.5. The van der Waals surface area contributed by atoms with Gasteiger partial charge in [-0.3, -0.25) is 4.79 Å². The van der Waals surface area contributed by atoms with Gasteiger partial charge in [0.1, 0.15) is 5.82 Å².